The van der Waals surface area contributed by atoms with Gasteiger partial charge in [-0.05, 0) is 42.0 Å². The molecular weight excluding hydrogens is 457 g/mol. The van der Waals surface area contributed by atoms with Crippen LogP contribution in [0.5, 0.6) is 0 Å². The number of aromatic nitrogens is 3. The third kappa shape index (κ3) is 3.27. The molecule has 5 aromatic rings. The number of alkyl halides is 3. The van der Waals surface area contributed by atoms with E-state index in [-0.39, 0.29) is 18.1 Å². The first-order valence-electron chi connectivity index (χ1n) is 10.7. The number of hydrogen-bond donors (Lipinski definition) is 0. The summed E-state index contributed by atoms with van der Waals surface area (Å²) in [5.41, 5.74) is 1.31. The maximum atomic E-state index is 13.4. The van der Waals surface area contributed by atoms with Gasteiger partial charge in [0, 0.05) is 35.2 Å². The van der Waals surface area contributed by atoms with Crippen LogP contribution < -0.4 is 4.90 Å². The predicted molar refractivity (Wildman–Crippen MR) is 123 cm³/mol. The molecule has 0 saturated heterocycles. The fourth-order valence-electron chi connectivity index (χ4n) is 4.51. The molecule has 3 heterocycles. The first kappa shape index (κ1) is 21.0. The minimum absolute atomic E-state index is 0.0263. The maximum Gasteiger partial charge on any atom is 0.416 e. The van der Waals surface area contributed by atoms with E-state index in [0.717, 1.165) is 16.4 Å². The lowest BCUT2D eigenvalue weighted by Gasteiger charge is -2.14. The Bertz CT molecular complexity index is 1640. The molecule has 2 aromatic heterocycles. The van der Waals surface area contributed by atoms with Gasteiger partial charge in [0.1, 0.15) is 0 Å². The van der Waals surface area contributed by atoms with Gasteiger partial charge < -0.3 is 4.57 Å². The van der Waals surface area contributed by atoms with E-state index in [1.807, 2.05) is 0 Å². The van der Waals surface area contributed by atoms with E-state index in [4.69, 9.17) is 0 Å². The SMILES string of the molecule is O=C1c2ccccc2C(=O)N1c1ncc2c(ccc3c2ccn3Cc2ccccc2C(F)(F)F)n1. The molecule has 0 fully saturated rings. The first-order chi connectivity index (χ1) is 16.8. The lowest BCUT2D eigenvalue weighted by atomic mass is 10.1. The van der Waals surface area contributed by atoms with Gasteiger partial charge in [-0.2, -0.15) is 13.2 Å². The Hall–Kier alpha value is -4.53. The number of imide groups is 1. The van der Waals surface area contributed by atoms with Crippen LogP contribution in [0.2, 0.25) is 0 Å². The predicted octanol–water partition coefficient (Wildman–Crippen LogP) is 5.45. The molecule has 0 spiro atoms. The Labute approximate surface area is 196 Å². The molecule has 0 saturated carbocycles. The number of carbonyl (C=O) groups is 2. The van der Waals surface area contributed by atoms with Gasteiger partial charge in [-0.15, -0.1) is 0 Å². The van der Waals surface area contributed by atoms with Crippen LogP contribution in [0.4, 0.5) is 19.1 Å². The van der Waals surface area contributed by atoms with Gasteiger partial charge in [0.2, 0.25) is 5.95 Å². The lowest BCUT2D eigenvalue weighted by molar-refractivity contribution is -0.138. The molecule has 6 nitrogen and oxygen atoms in total. The quantitative estimate of drug-likeness (QED) is 0.328. The van der Waals surface area contributed by atoms with Crippen molar-refractivity contribution in [3.63, 3.8) is 0 Å². The summed E-state index contributed by atoms with van der Waals surface area (Å²) in [6.07, 6.45) is -1.20. The average molecular weight is 472 g/mol. The molecule has 0 N–H and O–H groups in total. The molecule has 172 valence electrons. The molecule has 1 aliphatic heterocycles. The van der Waals surface area contributed by atoms with E-state index < -0.39 is 23.6 Å². The second kappa shape index (κ2) is 7.49. The van der Waals surface area contributed by atoms with Crippen LogP contribution in [0.15, 0.2) is 79.1 Å². The largest absolute Gasteiger partial charge is 0.416 e. The van der Waals surface area contributed by atoms with Gasteiger partial charge in [0.05, 0.1) is 22.2 Å². The van der Waals surface area contributed by atoms with Crippen LogP contribution in [0.25, 0.3) is 21.8 Å². The highest BCUT2D eigenvalue weighted by Crippen LogP contribution is 2.34. The summed E-state index contributed by atoms with van der Waals surface area (Å²) in [5, 5.41) is 1.41. The topological polar surface area (TPSA) is 68.1 Å². The summed E-state index contributed by atoms with van der Waals surface area (Å²) < 4.78 is 42.0. The Balaban J connectivity index is 1.39. The van der Waals surface area contributed by atoms with Gasteiger partial charge in [-0.1, -0.05) is 30.3 Å². The number of carbonyl (C=O) groups excluding carboxylic acids is 2. The van der Waals surface area contributed by atoms with Crippen LogP contribution >= 0.6 is 0 Å². The molecule has 9 heteroatoms. The molecule has 0 unspecified atom stereocenters. The van der Waals surface area contributed by atoms with Crippen LogP contribution in [0.1, 0.15) is 31.8 Å². The monoisotopic (exact) mass is 472 g/mol. The minimum Gasteiger partial charge on any atom is -0.343 e. The van der Waals surface area contributed by atoms with Crippen molar-refractivity contribution < 1.29 is 22.8 Å². The van der Waals surface area contributed by atoms with Crippen molar-refractivity contribution in [2.75, 3.05) is 4.90 Å². The fourth-order valence-corrected chi connectivity index (χ4v) is 4.51. The minimum atomic E-state index is -4.44. The van der Waals surface area contributed by atoms with Crippen LogP contribution in [0.3, 0.4) is 0 Å². The normalized spacial score (nSPS) is 13.7. The van der Waals surface area contributed by atoms with E-state index in [1.165, 1.54) is 18.3 Å². The van der Waals surface area contributed by atoms with Crippen molar-refractivity contribution in [3.05, 3.63) is 101 Å². The second-order valence-corrected chi connectivity index (χ2v) is 8.19. The molecule has 0 radical (unpaired) electrons. The zero-order valence-electron chi connectivity index (χ0n) is 18.0. The van der Waals surface area contributed by atoms with E-state index in [9.17, 15) is 22.8 Å². The Kier molecular flexibility index (Phi) is 4.50. The summed E-state index contributed by atoms with van der Waals surface area (Å²) in [4.78, 5) is 35.2. The number of anilines is 1. The van der Waals surface area contributed by atoms with Gasteiger partial charge >= 0.3 is 6.18 Å². The average Bonchev–Trinajstić information content (AvgIpc) is 3.37. The molecular formula is C26H15F3N4O2. The van der Waals surface area contributed by atoms with Crippen molar-refractivity contribution in [3.8, 4) is 0 Å². The van der Waals surface area contributed by atoms with Crippen LogP contribution in [-0.2, 0) is 12.7 Å². The highest BCUT2D eigenvalue weighted by atomic mass is 19.4. The highest BCUT2D eigenvalue weighted by molar-refractivity contribution is 6.34. The molecule has 1 aliphatic rings. The summed E-state index contributed by atoms with van der Waals surface area (Å²) in [5.74, 6) is -0.998. The Morgan fingerprint density at radius 3 is 2.20 bits per heavy atom. The number of amides is 2. The van der Waals surface area contributed by atoms with Crippen LogP contribution in [-0.4, -0.2) is 26.3 Å². The molecule has 3 aromatic carbocycles. The molecule has 0 bridgehead atoms. The van der Waals surface area contributed by atoms with Crippen molar-refractivity contribution in [1.29, 1.82) is 0 Å². The Morgan fingerprint density at radius 1 is 0.800 bits per heavy atom. The highest BCUT2D eigenvalue weighted by Gasteiger charge is 2.38. The number of benzene rings is 3. The van der Waals surface area contributed by atoms with E-state index >= 15 is 0 Å². The fraction of sp³-hybridized carbons (Fsp3) is 0.0769. The van der Waals surface area contributed by atoms with Gasteiger partial charge in [-0.3, -0.25) is 9.59 Å². The molecule has 2 amide bonds. The number of fused-ring (bicyclic) bond motifs is 4. The number of nitrogens with zero attached hydrogens (tertiary/aromatic N) is 4. The third-order valence-electron chi connectivity index (χ3n) is 6.16. The van der Waals surface area contributed by atoms with Gasteiger partial charge in [0.25, 0.3) is 11.8 Å². The standard InChI is InChI=1S/C26H15F3N4O2/c27-26(28,29)20-8-4-1-5-15(20)14-32-12-11-16-19-13-30-25(31-21(19)9-10-22(16)32)33-23(34)17-6-2-3-7-18(17)24(33)35/h1-13H,14H2. The third-order valence-corrected chi connectivity index (χ3v) is 6.16. The second-order valence-electron chi connectivity index (χ2n) is 8.19. The van der Waals surface area contributed by atoms with Crippen molar-refractivity contribution in [2.45, 2.75) is 12.7 Å². The van der Waals surface area contributed by atoms with E-state index in [1.54, 1.807) is 59.3 Å². The Morgan fingerprint density at radius 2 is 1.49 bits per heavy atom. The molecule has 6 rings (SSSR count). The zero-order valence-corrected chi connectivity index (χ0v) is 18.0. The van der Waals surface area contributed by atoms with E-state index in [0.29, 0.717) is 27.5 Å². The zero-order chi connectivity index (χ0) is 24.3. The van der Waals surface area contributed by atoms with Crippen molar-refractivity contribution >= 4 is 39.6 Å². The van der Waals surface area contributed by atoms with Crippen LogP contribution in [0, 0.1) is 0 Å². The first-order valence-corrected chi connectivity index (χ1v) is 10.7. The van der Waals surface area contributed by atoms with E-state index in [2.05, 4.69) is 9.97 Å². The van der Waals surface area contributed by atoms with Crippen molar-refractivity contribution in [2.24, 2.45) is 0 Å². The smallest absolute Gasteiger partial charge is 0.343 e. The number of rotatable bonds is 3. The molecule has 0 aliphatic carbocycles. The van der Waals surface area contributed by atoms with Gasteiger partial charge in [-0.25, -0.2) is 14.9 Å². The lowest BCUT2D eigenvalue weighted by Crippen LogP contribution is -2.31. The van der Waals surface area contributed by atoms with Crippen molar-refractivity contribution in [1.82, 2.24) is 14.5 Å². The maximum absolute atomic E-state index is 13.4. The van der Waals surface area contributed by atoms with Gasteiger partial charge in [0.15, 0.2) is 0 Å². The summed E-state index contributed by atoms with van der Waals surface area (Å²) in [7, 11) is 0. The molecule has 35 heavy (non-hydrogen) atoms. The number of halogens is 3. The molecule has 0 atom stereocenters. The summed E-state index contributed by atoms with van der Waals surface area (Å²) in [6, 6.07) is 17.3. The summed E-state index contributed by atoms with van der Waals surface area (Å²) in [6.45, 7) is 0.0403. The summed E-state index contributed by atoms with van der Waals surface area (Å²) >= 11 is 0. The number of hydrogen-bond acceptors (Lipinski definition) is 4.